The summed E-state index contributed by atoms with van der Waals surface area (Å²) in [6.45, 7) is 2.10. The van der Waals surface area contributed by atoms with E-state index in [1.54, 1.807) is 18.0 Å². The van der Waals surface area contributed by atoms with Crippen LogP contribution in [-0.4, -0.2) is 34.1 Å². The second-order valence-corrected chi connectivity index (χ2v) is 7.59. The van der Waals surface area contributed by atoms with Gasteiger partial charge in [0.1, 0.15) is 24.1 Å². The van der Waals surface area contributed by atoms with E-state index >= 15 is 0 Å². The number of hydrogen-bond acceptors (Lipinski definition) is 5. The number of nitrogens with one attached hydrogen (secondary N) is 1. The number of rotatable bonds is 6. The third-order valence-electron chi connectivity index (χ3n) is 4.85. The van der Waals surface area contributed by atoms with Crippen LogP contribution in [0.4, 0.5) is 0 Å². The van der Waals surface area contributed by atoms with Gasteiger partial charge in [0.25, 0.3) is 0 Å². The van der Waals surface area contributed by atoms with Crippen LogP contribution in [0.3, 0.4) is 0 Å². The Morgan fingerprint density at radius 1 is 1.23 bits per heavy atom. The van der Waals surface area contributed by atoms with Crippen molar-refractivity contribution >= 4 is 34.9 Å². The molecule has 30 heavy (non-hydrogen) atoms. The molecule has 3 aromatic rings. The van der Waals surface area contributed by atoms with Crippen LogP contribution in [0.5, 0.6) is 0 Å². The summed E-state index contributed by atoms with van der Waals surface area (Å²) in [5.74, 6) is 1.03. The lowest BCUT2D eigenvalue weighted by molar-refractivity contribution is -0.143. The lowest BCUT2D eigenvalue weighted by Gasteiger charge is -2.25. The average molecular weight is 442 g/mol. The molecule has 1 saturated heterocycles. The van der Waals surface area contributed by atoms with Crippen LogP contribution in [0.25, 0.3) is 11.3 Å². The van der Waals surface area contributed by atoms with Crippen molar-refractivity contribution in [2.45, 2.75) is 19.0 Å². The van der Waals surface area contributed by atoms with Crippen molar-refractivity contribution in [3.8, 4) is 11.3 Å². The fourth-order valence-electron chi connectivity index (χ4n) is 3.51. The first-order valence-electron chi connectivity index (χ1n) is 9.56. The zero-order chi connectivity index (χ0) is 21.1. The highest BCUT2D eigenvalue weighted by Gasteiger charge is 2.42. The van der Waals surface area contributed by atoms with Crippen molar-refractivity contribution in [2.75, 3.05) is 13.2 Å². The molecule has 2 atom stereocenters. The SMILES string of the molecule is CCOC(=O)CN1C(=S)N[C@H](c2ccccn2)[C@H]1c1ccc(-c2ccc(Cl)cc2)o1. The number of thiocarbonyl (C=S) groups is 1. The highest BCUT2D eigenvalue weighted by atomic mass is 35.5. The number of carbonyl (C=O) groups excluding carboxylic acids is 1. The highest BCUT2D eigenvalue weighted by Crippen LogP contribution is 2.40. The highest BCUT2D eigenvalue weighted by molar-refractivity contribution is 7.80. The Morgan fingerprint density at radius 2 is 2.03 bits per heavy atom. The van der Waals surface area contributed by atoms with Crippen LogP contribution in [0, 0.1) is 0 Å². The molecule has 2 aromatic heterocycles. The summed E-state index contributed by atoms with van der Waals surface area (Å²) < 4.78 is 11.3. The molecule has 0 amide bonds. The molecule has 1 aromatic carbocycles. The van der Waals surface area contributed by atoms with Crippen LogP contribution in [0.2, 0.25) is 5.02 Å². The van der Waals surface area contributed by atoms with Gasteiger partial charge in [-0.3, -0.25) is 9.78 Å². The predicted molar refractivity (Wildman–Crippen MR) is 118 cm³/mol. The number of pyridine rings is 1. The van der Waals surface area contributed by atoms with E-state index in [4.69, 9.17) is 33.0 Å². The van der Waals surface area contributed by atoms with Gasteiger partial charge in [-0.05, 0) is 67.7 Å². The van der Waals surface area contributed by atoms with Gasteiger partial charge in [-0.15, -0.1) is 0 Å². The summed E-state index contributed by atoms with van der Waals surface area (Å²) >= 11 is 11.5. The third-order valence-corrected chi connectivity index (χ3v) is 5.45. The Labute approximate surface area is 184 Å². The third kappa shape index (κ3) is 4.17. The van der Waals surface area contributed by atoms with Crippen LogP contribution in [0.15, 0.2) is 65.2 Å². The lowest BCUT2D eigenvalue weighted by Crippen LogP contribution is -2.35. The summed E-state index contributed by atoms with van der Waals surface area (Å²) in [5, 5.41) is 4.39. The molecule has 1 aliphatic rings. The minimum absolute atomic E-state index is 0.0185. The van der Waals surface area contributed by atoms with E-state index in [-0.39, 0.29) is 24.6 Å². The Kier molecular flexibility index (Phi) is 6.01. The summed E-state index contributed by atoms with van der Waals surface area (Å²) in [5.41, 5.74) is 1.71. The largest absolute Gasteiger partial charge is 0.465 e. The molecule has 6 nitrogen and oxygen atoms in total. The number of halogens is 1. The normalized spacial score (nSPS) is 18.3. The maximum absolute atomic E-state index is 12.2. The number of hydrogen-bond donors (Lipinski definition) is 1. The number of carbonyl (C=O) groups is 1. The van der Waals surface area contributed by atoms with E-state index in [0.29, 0.717) is 28.3 Å². The van der Waals surface area contributed by atoms with E-state index in [2.05, 4.69) is 10.3 Å². The van der Waals surface area contributed by atoms with Crippen molar-refractivity contribution in [1.29, 1.82) is 0 Å². The summed E-state index contributed by atoms with van der Waals surface area (Å²) in [4.78, 5) is 18.5. The molecule has 1 N–H and O–H groups in total. The van der Waals surface area contributed by atoms with Crippen LogP contribution >= 0.6 is 23.8 Å². The first kappa shape index (κ1) is 20.4. The zero-order valence-electron chi connectivity index (χ0n) is 16.2. The van der Waals surface area contributed by atoms with Gasteiger partial charge in [-0.25, -0.2) is 0 Å². The number of furan rings is 1. The zero-order valence-corrected chi connectivity index (χ0v) is 17.8. The van der Waals surface area contributed by atoms with E-state index in [9.17, 15) is 4.79 Å². The molecule has 0 spiro atoms. The monoisotopic (exact) mass is 441 g/mol. The first-order valence-corrected chi connectivity index (χ1v) is 10.3. The first-order chi connectivity index (χ1) is 14.6. The van der Waals surface area contributed by atoms with E-state index in [1.807, 2.05) is 54.6 Å². The van der Waals surface area contributed by atoms with E-state index in [1.165, 1.54) is 0 Å². The molecule has 3 heterocycles. The lowest BCUT2D eigenvalue weighted by atomic mass is 10.0. The summed E-state index contributed by atoms with van der Waals surface area (Å²) in [6, 6.07) is 16.3. The van der Waals surface area contributed by atoms with Crippen molar-refractivity contribution in [3.63, 3.8) is 0 Å². The van der Waals surface area contributed by atoms with Gasteiger partial charge < -0.3 is 19.4 Å². The van der Waals surface area contributed by atoms with Gasteiger partial charge in [-0.2, -0.15) is 0 Å². The van der Waals surface area contributed by atoms with E-state index < -0.39 is 0 Å². The van der Waals surface area contributed by atoms with Crippen molar-refractivity contribution < 1.29 is 13.9 Å². The standard InChI is InChI=1S/C22H20ClN3O3S/c1-2-28-19(27)13-26-21(20(25-22(26)30)16-5-3-4-12-24-16)18-11-10-17(29-18)14-6-8-15(23)9-7-14/h3-12,20-21H,2,13H2,1H3,(H,25,30)/t20-,21-/m1/s1. The number of ether oxygens (including phenoxy) is 1. The molecule has 0 saturated carbocycles. The molecule has 8 heteroatoms. The molecule has 0 aliphatic carbocycles. The Balaban J connectivity index is 1.70. The molecule has 154 valence electrons. The Hall–Kier alpha value is -2.90. The van der Waals surface area contributed by atoms with Gasteiger partial charge in [0.05, 0.1) is 18.3 Å². The molecular formula is C22H20ClN3O3S. The number of aromatic nitrogens is 1. The molecular weight excluding hydrogens is 422 g/mol. The van der Waals surface area contributed by atoms with Crippen LogP contribution in [0.1, 0.15) is 30.5 Å². The second kappa shape index (κ2) is 8.85. The quantitative estimate of drug-likeness (QED) is 0.445. The van der Waals surface area contributed by atoms with Crippen molar-refractivity contribution in [3.05, 3.63) is 77.3 Å². The average Bonchev–Trinajstić information content (AvgIpc) is 3.35. The fourth-order valence-corrected chi connectivity index (χ4v) is 3.94. The number of benzene rings is 1. The van der Waals surface area contributed by atoms with Gasteiger partial charge >= 0.3 is 5.97 Å². The second-order valence-electron chi connectivity index (χ2n) is 6.77. The minimum Gasteiger partial charge on any atom is -0.465 e. The van der Waals surface area contributed by atoms with Gasteiger partial charge in [0.15, 0.2) is 5.11 Å². The van der Waals surface area contributed by atoms with Crippen LogP contribution < -0.4 is 5.32 Å². The fraction of sp³-hybridized carbons (Fsp3) is 0.227. The maximum Gasteiger partial charge on any atom is 0.325 e. The molecule has 0 unspecified atom stereocenters. The predicted octanol–water partition coefficient (Wildman–Crippen LogP) is 4.53. The van der Waals surface area contributed by atoms with Crippen LogP contribution in [-0.2, 0) is 9.53 Å². The topological polar surface area (TPSA) is 67.6 Å². The Morgan fingerprint density at radius 3 is 2.73 bits per heavy atom. The summed E-state index contributed by atoms with van der Waals surface area (Å²) in [6.07, 6.45) is 1.73. The molecule has 1 aliphatic heterocycles. The maximum atomic E-state index is 12.2. The Bertz CT molecular complexity index is 1040. The van der Waals surface area contributed by atoms with Crippen molar-refractivity contribution in [1.82, 2.24) is 15.2 Å². The van der Waals surface area contributed by atoms with E-state index in [0.717, 1.165) is 11.3 Å². The molecule has 0 radical (unpaired) electrons. The number of esters is 1. The number of nitrogens with zero attached hydrogens (tertiary/aromatic N) is 2. The smallest absolute Gasteiger partial charge is 0.325 e. The molecule has 4 rings (SSSR count). The van der Waals surface area contributed by atoms with Gasteiger partial charge in [0.2, 0.25) is 0 Å². The van der Waals surface area contributed by atoms with Crippen molar-refractivity contribution in [2.24, 2.45) is 0 Å². The summed E-state index contributed by atoms with van der Waals surface area (Å²) in [7, 11) is 0. The molecule has 0 bridgehead atoms. The molecule has 1 fully saturated rings. The van der Waals surface area contributed by atoms with Gasteiger partial charge in [0, 0.05) is 16.8 Å². The minimum atomic E-state index is -0.349. The van der Waals surface area contributed by atoms with Gasteiger partial charge in [-0.1, -0.05) is 17.7 Å².